The molecule has 1 aromatic rings. The van der Waals surface area contributed by atoms with Crippen molar-refractivity contribution in [3.05, 3.63) is 12.7 Å². The van der Waals surface area contributed by atoms with Gasteiger partial charge in [0.15, 0.2) is 0 Å². The normalized spacial score (nSPS) is 29.4. The highest BCUT2D eigenvalue weighted by atomic mass is 16.5. The first kappa shape index (κ1) is 22.2. The number of nitrogens with zero attached hydrogens (tertiary/aromatic N) is 5. The van der Waals surface area contributed by atoms with E-state index in [-0.39, 0.29) is 17.8 Å². The summed E-state index contributed by atoms with van der Waals surface area (Å²) in [5.74, 6) is 0.283. The van der Waals surface area contributed by atoms with E-state index >= 15 is 0 Å². The van der Waals surface area contributed by atoms with E-state index in [1.807, 2.05) is 11.8 Å². The van der Waals surface area contributed by atoms with Crippen molar-refractivity contribution in [3.63, 3.8) is 0 Å². The zero-order chi connectivity index (χ0) is 21.7. The van der Waals surface area contributed by atoms with Crippen LogP contribution in [0.3, 0.4) is 0 Å². The van der Waals surface area contributed by atoms with Crippen molar-refractivity contribution in [2.24, 2.45) is 11.3 Å². The molecular formula is C22H35N5O4. The lowest BCUT2D eigenvalue weighted by molar-refractivity contribution is -0.171. The molecule has 1 amide bonds. The van der Waals surface area contributed by atoms with Crippen LogP contribution < -0.4 is 0 Å². The first-order valence-corrected chi connectivity index (χ1v) is 11.7. The Labute approximate surface area is 184 Å². The minimum Gasteiger partial charge on any atom is -0.466 e. The summed E-state index contributed by atoms with van der Waals surface area (Å²) in [5, 5.41) is 4.09. The number of piperidine rings is 1. The average Bonchev–Trinajstić information content (AvgIpc) is 3.32. The van der Waals surface area contributed by atoms with E-state index in [2.05, 4.69) is 15.0 Å². The number of likely N-dealkylation sites (tertiary alicyclic amines) is 1. The maximum atomic E-state index is 13.2. The highest BCUT2D eigenvalue weighted by Gasteiger charge is 2.54. The number of ether oxygens (including phenoxy) is 2. The predicted octanol–water partition coefficient (Wildman–Crippen LogP) is 1.34. The number of rotatable bonds is 7. The van der Waals surface area contributed by atoms with Gasteiger partial charge in [0.05, 0.1) is 25.2 Å². The maximum absolute atomic E-state index is 13.2. The van der Waals surface area contributed by atoms with Gasteiger partial charge in [0.25, 0.3) is 0 Å². The number of aryl methyl sites for hydroxylation is 1. The van der Waals surface area contributed by atoms with Gasteiger partial charge < -0.3 is 14.4 Å². The van der Waals surface area contributed by atoms with Gasteiger partial charge in [0.2, 0.25) is 5.91 Å². The summed E-state index contributed by atoms with van der Waals surface area (Å²) >= 11 is 0. The van der Waals surface area contributed by atoms with E-state index in [0.29, 0.717) is 38.6 Å². The van der Waals surface area contributed by atoms with Crippen molar-refractivity contribution in [2.75, 3.05) is 46.0 Å². The topological polar surface area (TPSA) is 89.8 Å². The molecule has 172 valence electrons. The number of esters is 1. The van der Waals surface area contributed by atoms with Crippen LogP contribution >= 0.6 is 0 Å². The van der Waals surface area contributed by atoms with Gasteiger partial charge >= 0.3 is 5.97 Å². The number of hydrogen-bond donors (Lipinski definition) is 0. The van der Waals surface area contributed by atoms with Gasteiger partial charge in [-0.2, -0.15) is 5.10 Å². The van der Waals surface area contributed by atoms with Crippen LogP contribution in [0.1, 0.15) is 45.4 Å². The molecule has 9 nitrogen and oxygen atoms in total. The molecule has 4 rings (SSSR count). The summed E-state index contributed by atoms with van der Waals surface area (Å²) in [4.78, 5) is 34.5. The minimum absolute atomic E-state index is 0.111. The van der Waals surface area contributed by atoms with Gasteiger partial charge in [-0.05, 0) is 44.9 Å². The molecule has 1 saturated carbocycles. The van der Waals surface area contributed by atoms with E-state index in [9.17, 15) is 9.59 Å². The molecule has 0 bridgehead atoms. The molecule has 3 fully saturated rings. The molecule has 3 atom stereocenters. The largest absolute Gasteiger partial charge is 0.466 e. The molecular weight excluding hydrogens is 398 g/mol. The van der Waals surface area contributed by atoms with Gasteiger partial charge in [0, 0.05) is 45.2 Å². The highest BCUT2D eigenvalue weighted by molar-refractivity contribution is 5.81. The van der Waals surface area contributed by atoms with Crippen LogP contribution in [0.2, 0.25) is 0 Å². The summed E-state index contributed by atoms with van der Waals surface area (Å²) < 4.78 is 12.8. The molecule has 2 saturated heterocycles. The molecule has 3 aliphatic rings. The second kappa shape index (κ2) is 10.1. The zero-order valence-corrected chi connectivity index (χ0v) is 18.6. The van der Waals surface area contributed by atoms with E-state index in [0.717, 1.165) is 58.5 Å². The third-order valence-electron chi connectivity index (χ3n) is 7.32. The minimum atomic E-state index is -0.557. The second-order valence-corrected chi connectivity index (χ2v) is 9.02. The third-order valence-corrected chi connectivity index (χ3v) is 7.32. The number of amides is 1. The lowest BCUT2D eigenvalue weighted by atomic mass is 9.61. The third kappa shape index (κ3) is 4.92. The summed E-state index contributed by atoms with van der Waals surface area (Å²) in [7, 11) is 0. The molecule has 9 heteroatoms. The number of fused-ring (bicyclic) bond motifs is 1. The fourth-order valence-electron chi connectivity index (χ4n) is 5.63. The Hall–Kier alpha value is -2.00. The van der Waals surface area contributed by atoms with Crippen molar-refractivity contribution in [2.45, 2.75) is 58.0 Å². The first-order chi connectivity index (χ1) is 15.1. The number of hydrogen-bond acceptors (Lipinski definition) is 7. The molecule has 0 N–H and O–H groups in total. The first-order valence-electron chi connectivity index (χ1n) is 11.7. The van der Waals surface area contributed by atoms with Gasteiger partial charge in [-0.15, -0.1) is 0 Å². The van der Waals surface area contributed by atoms with E-state index < -0.39 is 5.41 Å². The number of aromatic nitrogens is 3. The Balaban J connectivity index is 1.39. The van der Waals surface area contributed by atoms with Gasteiger partial charge in [-0.3, -0.25) is 19.2 Å². The summed E-state index contributed by atoms with van der Waals surface area (Å²) in [6, 6.07) is 0.501. The van der Waals surface area contributed by atoms with Crippen LogP contribution in [0.5, 0.6) is 0 Å². The molecule has 1 aliphatic carbocycles. The van der Waals surface area contributed by atoms with Crippen LogP contribution in [-0.4, -0.2) is 88.5 Å². The monoisotopic (exact) mass is 433 g/mol. The SMILES string of the molecule is CCOC(=O)[C@@]12CC[C@H](N3CCOCC3)C[C@H]1CCN(C(=O)CCCn1cncn1)C2. The molecule has 31 heavy (non-hydrogen) atoms. The molecule has 2 aliphatic heterocycles. The van der Waals surface area contributed by atoms with Crippen molar-refractivity contribution < 1.29 is 19.1 Å². The van der Waals surface area contributed by atoms with Gasteiger partial charge in [0.1, 0.15) is 12.7 Å². The van der Waals surface area contributed by atoms with Gasteiger partial charge in [-0.25, -0.2) is 4.98 Å². The lowest BCUT2D eigenvalue weighted by Gasteiger charge is -2.52. The van der Waals surface area contributed by atoms with Crippen molar-refractivity contribution in [3.8, 4) is 0 Å². The summed E-state index contributed by atoms with van der Waals surface area (Å²) in [6.07, 6.45) is 7.99. The van der Waals surface area contributed by atoms with Crippen molar-refractivity contribution in [1.29, 1.82) is 0 Å². The molecule has 0 aromatic carbocycles. The maximum Gasteiger partial charge on any atom is 0.314 e. The van der Waals surface area contributed by atoms with Crippen molar-refractivity contribution in [1.82, 2.24) is 24.6 Å². The standard InChI is InChI=1S/C22H35N5O4/c1-2-31-21(29)22-7-5-19(25-10-12-30-13-11-25)14-18(22)6-9-26(15-22)20(28)4-3-8-27-17-23-16-24-27/h16-19H,2-15H2,1H3/t18-,19+,22-/m1/s1. The summed E-state index contributed by atoms with van der Waals surface area (Å²) in [5.41, 5.74) is -0.557. The average molecular weight is 434 g/mol. The van der Waals surface area contributed by atoms with Crippen LogP contribution in [0.15, 0.2) is 12.7 Å². The van der Waals surface area contributed by atoms with E-state index in [1.54, 1.807) is 11.0 Å². The lowest BCUT2D eigenvalue weighted by Crippen LogP contribution is -2.59. The fraction of sp³-hybridized carbons (Fsp3) is 0.818. The molecule has 1 aromatic heterocycles. The summed E-state index contributed by atoms with van der Waals surface area (Å²) in [6.45, 7) is 7.66. The Morgan fingerprint density at radius 3 is 2.81 bits per heavy atom. The van der Waals surface area contributed by atoms with Gasteiger partial charge in [-0.1, -0.05) is 0 Å². The van der Waals surface area contributed by atoms with Crippen LogP contribution in [-0.2, 0) is 25.6 Å². The molecule has 0 unspecified atom stereocenters. The predicted molar refractivity (Wildman–Crippen MR) is 113 cm³/mol. The molecule has 3 heterocycles. The Kier molecular flexibility index (Phi) is 7.22. The Morgan fingerprint density at radius 1 is 1.23 bits per heavy atom. The zero-order valence-electron chi connectivity index (χ0n) is 18.6. The molecule has 0 radical (unpaired) electrons. The van der Waals surface area contributed by atoms with Crippen molar-refractivity contribution >= 4 is 11.9 Å². The highest BCUT2D eigenvalue weighted by Crippen LogP contribution is 2.48. The Morgan fingerprint density at radius 2 is 2.06 bits per heavy atom. The fourth-order valence-corrected chi connectivity index (χ4v) is 5.63. The number of carbonyl (C=O) groups is 2. The second-order valence-electron chi connectivity index (χ2n) is 9.02. The Bertz CT molecular complexity index is 736. The number of morpholine rings is 1. The molecule has 0 spiro atoms. The van der Waals surface area contributed by atoms with Crippen LogP contribution in [0.25, 0.3) is 0 Å². The smallest absolute Gasteiger partial charge is 0.314 e. The van der Waals surface area contributed by atoms with E-state index in [4.69, 9.17) is 9.47 Å². The van der Waals surface area contributed by atoms with E-state index in [1.165, 1.54) is 6.33 Å². The van der Waals surface area contributed by atoms with Crippen LogP contribution in [0.4, 0.5) is 0 Å². The number of carbonyl (C=O) groups excluding carboxylic acids is 2. The quantitative estimate of drug-likeness (QED) is 0.600. The van der Waals surface area contributed by atoms with Crippen LogP contribution in [0, 0.1) is 11.3 Å².